The molecule has 4 heteroatoms. The molecule has 9 heavy (non-hydrogen) atoms. The molecule has 1 rings (SSSR count). The first-order valence-corrected chi connectivity index (χ1v) is 2.92. The first-order valence-electron chi connectivity index (χ1n) is 2.92. The van der Waals surface area contributed by atoms with Gasteiger partial charge in [-0.3, -0.25) is 5.32 Å². The Labute approximate surface area is 53.5 Å². The van der Waals surface area contributed by atoms with Gasteiger partial charge in [-0.15, -0.1) is 5.48 Å². The van der Waals surface area contributed by atoms with Crippen molar-refractivity contribution in [2.45, 2.75) is 25.9 Å². The molecule has 0 radical (unpaired) electrons. The number of nitrogens with one attached hydrogen (secondary N) is 2. The van der Waals surface area contributed by atoms with Gasteiger partial charge < -0.3 is 4.84 Å². The van der Waals surface area contributed by atoms with E-state index in [1.54, 1.807) is 0 Å². The van der Waals surface area contributed by atoms with Crippen LogP contribution in [0.15, 0.2) is 0 Å². The van der Waals surface area contributed by atoms with Crippen molar-refractivity contribution in [1.29, 1.82) is 0 Å². The van der Waals surface area contributed by atoms with E-state index in [1.165, 1.54) is 0 Å². The van der Waals surface area contributed by atoms with Crippen molar-refractivity contribution in [3.63, 3.8) is 0 Å². The van der Waals surface area contributed by atoms with E-state index >= 15 is 0 Å². The molecule has 0 aromatic rings. The summed E-state index contributed by atoms with van der Waals surface area (Å²) < 4.78 is 0. The van der Waals surface area contributed by atoms with Gasteiger partial charge in [0.1, 0.15) is 5.66 Å². The average molecular weight is 130 g/mol. The Bertz CT molecular complexity index is 137. The highest BCUT2D eigenvalue weighted by molar-refractivity contribution is 5.69. The van der Waals surface area contributed by atoms with E-state index in [0.29, 0.717) is 0 Å². The van der Waals surface area contributed by atoms with Gasteiger partial charge in [0.2, 0.25) is 0 Å². The van der Waals surface area contributed by atoms with E-state index in [0.717, 1.165) is 6.42 Å². The normalized spacial score (nSPS) is 33.8. The lowest BCUT2D eigenvalue weighted by Gasteiger charge is -2.17. The Morgan fingerprint density at radius 3 is 2.67 bits per heavy atom. The van der Waals surface area contributed by atoms with Crippen molar-refractivity contribution in [2.75, 3.05) is 0 Å². The van der Waals surface area contributed by atoms with Crippen LogP contribution in [-0.4, -0.2) is 11.8 Å². The summed E-state index contributed by atoms with van der Waals surface area (Å²) in [5.41, 5.74) is 2.21. The van der Waals surface area contributed by atoms with Gasteiger partial charge in [0.05, 0.1) is 0 Å². The molecule has 0 bridgehead atoms. The number of hydrogen-bond acceptors (Lipinski definition) is 3. The molecule has 1 saturated heterocycles. The summed E-state index contributed by atoms with van der Waals surface area (Å²) in [6, 6.07) is 0. The molecule has 1 heterocycles. The smallest absolute Gasteiger partial charge is 0.352 e. The Morgan fingerprint density at radius 1 is 1.78 bits per heavy atom. The highest BCUT2D eigenvalue weighted by Crippen LogP contribution is 2.09. The number of hydroxylamine groups is 1. The molecule has 0 unspecified atom stereocenters. The van der Waals surface area contributed by atoms with Crippen LogP contribution in [-0.2, 0) is 4.84 Å². The third-order valence-corrected chi connectivity index (χ3v) is 1.45. The average Bonchev–Trinajstić information content (AvgIpc) is 2.13. The maximum Gasteiger partial charge on any atom is 0.427 e. The van der Waals surface area contributed by atoms with Crippen LogP contribution in [0.2, 0.25) is 0 Å². The van der Waals surface area contributed by atoms with Gasteiger partial charge in [-0.25, -0.2) is 4.79 Å². The number of amides is 1. The summed E-state index contributed by atoms with van der Waals surface area (Å²) in [6.45, 7) is 3.82. The summed E-state index contributed by atoms with van der Waals surface area (Å²) >= 11 is 0. The summed E-state index contributed by atoms with van der Waals surface area (Å²) in [5, 5.41) is 2.61. The summed E-state index contributed by atoms with van der Waals surface area (Å²) in [6.07, 6.45) is 0.401. The second kappa shape index (κ2) is 1.88. The highest BCUT2D eigenvalue weighted by atomic mass is 16.7. The van der Waals surface area contributed by atoms with Gasteiger partial charge in [-0.2, -0.15) is 0 Å². The number of carbonyl (C=O) groups is 1. The van der Waals surface area contributed by atoms with E-state index < -0.39 is 6.09 Å². The van der Waals surface area contributed by atoms with Gasteiger partial charge in [0.15, 0.2) is 0 Å². The maximum absolute atomic E-state index is 10.4. The quantitative estimate of drug-likeness (QED) is 0.538. The maximum atomic E-state index is 10.4. The number of hydrogen-bond donors (Lipinski definition) is 2. The Kier molecular flexibility index (Phi) is 1.32. The molecular formula is C5H10N2O2. The molecule has 0 aliphatic carbocycles. The molecule has 2 N–H and O–H groups in total. The van der Waals surface area contributed by atoms with Crippen LogP contribution < -0.4 is 10.8 Å². The predicted octanol–water partition coefficient (Wildman–Crippen LogP) is 0.357. The molecule has 52 valence electrons. The van der Waals surface area contributed by atoms with Crippen LogP contribution in [0.1, 0.15) is 20.3 Å². The van der Waals surface area contributed by atoms with E-state index in [1.807, 2.05) is 13.8 Å². The van der Waals surface area contributed by atoms with E-state index in [9.17, 15) is 4.79 Å². The molecule has 1 fully saturated rings. The van der Waals surface area contributed by atoms with Crippen LogP contribution in [0.4, 0.5) is 4.79 Å². The van der Waals surface area contributed by atoms with Gasteiger partial charge in [0, 0.05) is 0 Å². The van der Waals surface area contributed by atoms with E-state index in [4.69, 9.17) is 0 Å². The van der Waals surface area contributed by atoms with Crippen molar-refractivity contribution in [3.8, 4) is 0 Å². The molecule has 0 aromatic carbocycles. The van der Waals surface area contributed by atoms with Crippen LogP contribution in [0.25, 0.3) is 0 Å². The fourth-order valence-electron chi connectivity index (χ4n) is 0.596. The zero-order valence-electron chi connectivity index (χ0n) is 5.52. The van der Waals surface area contributed by atoms with Gasteiger partial charge in [-0.05, 0) is 13.3 Å². The van der Waals surface area contributed by atoms with Crippen molar-refractivity contribution >= 4 is 6.09 Å². The number of rotatable bonds is 1. The lowest BCUT2D eigenvalue weighted by molar-refractivity contribution is 0.0974. The topological polar surface area (TPSA) is 50.4 Å². The first kappa shape index (κ1) is 6.35. The molecule has 1 atom stereocenters. The minimum absolute atomic E-state index is 0.364. The Morgan fingerprint density at radius 2 is 2.44 bits per heavy atom. The second-order valence-electron chi connectivity index (χ2n) is 2.30. The summed E-state index contributed by atoms with van der Waals surface area (Å²) in [5.74, 6) is 0. The molecule has 0 spiro atoms. The van der Waals surface area contributed by atoms with E-state index in [2.05, 4.69) is 15.6 Å². The molecular weight excluding hydrogens is 120 g/mol. The highest BCUT2D eigenvalue weighted by Gasteiger charge is 2.32. The zero-order valence-corrected chi connectivity index (χ0v) is 5.52. The summed E-state index contributed by atoms with van der Waals surface area (Å²) in [4.78, 5) is 14.9. The first-order chi connectivity index (χ1) is 4.16. The van der Waals surface area contributed by atoms with Gasteiger partial charge >= 0.3 is 6.09 Å². The van der Waals surface area contributed by atoms with Crippen molar-refractivity contribution < 1.29 is 9.63 Å². The van der Waals surface area contributed by atoms with Crippen LogP contribution in [0.5, 0.6) is 0 Å². The zero-order chi connectivity index (χ0) is 6.91. The Hall–Kier alpha value is -0.770. The molecule has 0 saturated carbocycles. The predicted molar refractivity (Wildman–Crippen MR) is 31.4 cm³/mol. The lowest BCUT2D eigenvalue weighted by Crippen LogP contribution is -2.45. The Balaban J connectivity index is 2.54. The van der Waals surface area contributed by atoms with Crippen molar-refractivity contribution in [1.82, 2.24) is 10.8 Å². The second-order valence-corrected chi connectivity index (χ2v) is 2.30. The fourth-order valence-corrected chi connectivity index (χ4v) is 0.596. The largest absolute Gasteiger partial charge is 0.427 e. The minimum atomic E-state index is -0.403. The number of carbonyl (C=O) groups excluding carboxylic acids is 1. The van der Waals surface area contributed by atoms with E-state index in [-0.39, 0.29) is 5.66 Å². The monoisotopic (exact) mass is 130 g/mol. The summed E-state index contributed by atoms with van der Waals surface area (Å²) in [7, 11) is 0. The van der Waals surface area contributed by atoms with Crippen molar-refractivity contribution in [2.24, 2.45) is 0 Å². The SMILES string of the molecule is CC[C@]1(C)NOC(=O)N1. The van der Waals surface area contributed by atoms with Crippen LogP contribution in [0.3, 0.4) is 0 Å². The molecule has 1 amide bonds. The molecule has 1 aliphatic heterocycles. The third kappa shape index (κ3) is 1.13. The molecule has 0 aromatic heterocycles. The fraction of sp³-hybridized carbons (Fsp3) is 0.800. The van der Waals surface area contributed by atoms with Crippen LogP contribution >= 0.6 is 0 Å². The standard InChI is InChI=1S/C5H10N2O2/c1-3-5(2)6-4(8)9-7-5/h7H,3H2,1-2H3,(H,6,8)/t5-/m0/s1. The minimum Gasteiger partial charge on any atom is -0.352 e. The molecule has 4 nitrogen and oxygen atoms in total. The van der Waals surface area contributed by atoms with Gasteiger partial charge in [0.25, 0.3) is 0 Å². The van der Waals surface area contributed by atoms with Crippen LogP contribution in [0, 0.1) is 0 Å². The molecule has 1 aliphatic rings. The van der Waals surface area contributed by atoms with Crippen molar-refractivity contribution in [3.05, 3.63) is 0 Å². The third-order valence-electron chi connectivity index (χ3n) is 1.45. The van der Waals surface area contributed by atoms with Gasteiger partial charge in [-0.1, -0.05) is 6.92 Å². The lowest BCUT2D eigenvalue weighted by atomic mass is 10.2.